The first-order valence-electron chi connectivity index (χ1n) is 7.56. The fourth-order valence-corrected chi connectivity index (χ4v) is 2.67. The summed E-state index contributed by atoms with van der Waals surface area (Å²) in [7, 11) is 0. The quantitative estimate of drug-likeness (QED) is 0.624. The van der Waals surface area contributed by atoms with Gasteiger partial charge >= 0.3 is 0 Å². The smallest absolute Gasteiger partial charge is 0.277 e. The van der Waals surface area contributed by atoms with Crippen molar-refractivity contribution in [1.82, 2.24) is 19.5 Å². The van der Waals surface area contributed by atoms with Gasteiger partial charge in [0.1, 0.15) is 17.5 Å². The average Bonchev–Trinajstić information content (AvgIpc) is 3.01. The lowest BCUT2D eigenvalue weighted by atomic mass is 10.2. The molecule has 4 aromatic rings. The van der Waals surface area contributed by atoms with Crippen LogP contribution in [0.5, 0.6) is 0 Å². The minimum atomic E-state index is -0.476. The van der Waals surface area contributed by atoms with Gasteiger partial charge in [-0.05, 0) is 29.8 Å². The number of hydrogen-bond donors (Lipinski definition) is 1. The topological polar surface area (TPSA) is 63.6 Å². The molecule has 0 aliphatic carbocycles. The van der Waals surface area contributed by atoms with Gasteiger partial charge in [-0.1, -0.05) is 24.3 Å². The van der Waals surface area contributed by atoms with Crippen LogP contribution in [0, 0.1) is 11.6 Å². The van der Waals surface area contributed by atoms with Crippen molar-refractivity contribution in [3.05, 3.63) is 82.4 Å². The maximum absolute atomic E-state index is 13.9. The standard InChI is InChI=1S/C18H12F2N4O/c19-12-7-5-11(6-8-12)9-24-10-21-17-15(24)18(25)23-16(22-17)13-3-1-2-4-14(13)20/h1-8,10H,9H2,(H,22,23,25). The molecule has 1 N–H and O–H groups in total. The number of H-pyrrole nitrogens is 1. The number of aromatic nitrogens is 4. The maximum atomic E-state index is 13.9. The van der Waals surface area contributed by atoms with Gasteiger partial charge in [-0.3, -0.25) is 4.79 Å². The van der Waals surface area contributed by atoms with E-state index in [1.807, 2.05) is 0 Å². The third-order valence-corrected chi connectivity index (χ3v) is 3.88. The first-order chi connectivity index (χ1) is 12.1. The summed E-state index contributed by atoms with van der Waals surface area (Å²) < 4.78 is 28.5. The SMILES string of the molecule is O=c1[nH]c(-c2ccccc2F)nc2ncn(Cc3ccc(F)cc3)c12. The predicted octanol–water partition coefficient (Wildman–Crippen LogP) is 3.11. The molecule has 2 aromatic carbocycles. The van der Waals surface area contributed by atoms with Crippen molar-refractivity contribution in [1.29, 1.82) is 0 Å². The van der Waals surface area contributed by atoms with E-state index in [1.165, 1.54) is 30.6 Å². The molecule has 0 bridgehead atoms. The minimum Gasteiger partial charge on any atom is -0.320 e. The first-order valence-corrected chi connectivity index (χ1v) is 7.56. The third kappa shape index (κ3) is 2.80. The Morgan fingerprint density at radius 1 is 1.04 bits per heavy atom. The van der Waals surface area contributed by atoms with E-state index in [9.17, 15) is 13.6 Å². The minimum absolute atomic E-state index is 0.127. The second-order valence-electron chi connectivity index (χ2n) is 5.57. The number of rotatable bonds is 3. The molecule has 0 atom stereocenters. The number of benzene rings is 2. The van der Waals surface area contributed by atoms with Crippen LogP contribution in [0.4, 0.5) is 8.78 Å². The molecule has 2 aromatic heterocycles. The van der Waals surface area contributed by atoms with Crippen molar-refractivity contribution >= 4 is 11.2 Å². The molecular weight excluding hydrogens is 326 g/mol. The third-order valence-electron chi connectivity index (χ3n) is 3.88. The molecule has 0 saturated carbocycles. The summed E-state index contributed by atoms with van der Waals surface area (Å²) in [6.07, 6.45) is 1.49. The molecule has 0 unspecified atom stereocenters. The van der Waals surface area contributed by atoms with Gasteiger partial charge in [-0.2, -0.15) is 0 Å². The lowest BCUT2D eigenvalue weighted by Crippen LogP contribution is -2.14. The highest BCUT2D eigenvalue weighted by molar-refractivity contribution is 5.72. The van der Waals surface area contributed by atoms with E-state index in [4.69, 9.17) is 0 Å². The summed E-state index contributed by atoms with van der Waals surface area (Å²) in [6, 6.07) is 12.0. The van der Waals surface area contributed by atoms with Crippen molar-refractivity contribution < 1.29 is 8.78 Å². The van der Waals surface area contributed by atoms with Gasteiger partial charge < -0.3 is 9.55 Å². The molecule has 0 radical (unpaired) electrons. The number of nitrogens with one attached hydrogen (secondary N) is 1. The van der Waals surface area contributed by atoms with Crippen LogP contribution >= 0.6 is 0 Å². The van der Waals surface area contributed by atoms with E-state index < -0.39 is 11.4 Å². The largest absolute Gasteiger partial charge is 0.320 e. The highest BCUT2D eigenvalue weighted by Gasteiger charge is 2.14. The molecule has 0 saturated heterocycles. The monoisotopic (exact) mass is 338 g/mol. The van der Waals surface area contributed by atoms with Crippen molar-refractivity contribution in [2.45, 2.75) is 6.54 Å². The van der Waals surface area contributed by atoms with Crippen LogP contribution in [0.3, 0.4) is 0 Å². The van der Waals surface area contributed by atoms with Crippen LogP contribution < -0.4 is 5.56 Å². The molecule has 2 heterocycles. The molecule has 4 rings (SSSR count). The van der Waals surface area contributed by atoms with Crippen molar-refractivity contribution in [2.24, 2.45) is 0 Å². The molecule has 25 heavy (non-hydrogen) atoms. The van der Waals surface area contributed by atoms with Crippen LogP contribution in [-0.2, 0) is 6.54 Å². The fraction of sp³-hybridized carbons (Fsp3) is 0.0556. The van der Waals surface area contributed by atoms with Gasteiger partial charge in [-0.25, -0.2) is 18.7 Å². The predicted molar refractivity (Wildman–Crippen MR) is 89.0 cm³/mol. The van der Waals surface area contributed by atoms with Gasteiger partial charge in [-0.15, -0.1) is 0 Å². The van der Waals surface area contributed by atoms with E-state index in [-0.39, 0.29) is 28.4 Å². The Hall–Kier alpha value is -3.35. The molecule has 0 spiro atoms. The van der Waals surface area contributed by atoms with E-state index in [0.29, 0.717) is 6.54 Å². The van der Waals surface area contributed by atoms with Crippen LogP contribution in [0.15, 0.2) is 59.7 Å². The van der Waals surface area contributed by atoms with Crippen molar-refractivity contribution in [2.75, 3.05) is 0 Å². The Morgan fingerprint density at radius 2 is 1.80 bits per heavy atom. The highest BCUT2D eigenvalue weighted by Crippen LogP contribution is 2.19. The molecule has 124 valence electrons. The van der Waals surface area contributed by atoms with E-state index in [0.717, 1.165) is 5.56 Å². The molecule has 0 aliphatic rings. The Balaban J connectivity index is 1.79. The number of halogens is 2. The number of aromatic amines is 1. The van der Waals surface area contributed by atoms with Crippen LogP contribution in [0.2, 0.25) is 0 Å². The summed E-state index contributed by atoms with van der Waals surface area (Å²) in [5.41, 5.74) is 1.12. The van der Waals surface area contributed by atoms with Gasteiger partial charge in [0.2, 0.25) is 0 Å². The number of hydrogen-bond acceptors (Lipinski definition) is 3. The maximum Gasteiger partial charge on any atom is 0.277 e. The lowest BCUT2D eigenvalue weighted by molar-refractivity contribution is 0.626. The van der Waals surface area contributed by atoms with Gasteiger partial charge in [0.25, 0.3) is 5.56 Å². The summed E-state index contributed by atoms with van der Waals surface area (Å²) in [6.45, 7) is 0.348. The number of imidazole rings is 1. The average molecular weight is 338 g/mol. The van der Waals surface area contributed by atoms with E-state index in [1.54, 1.807) is 28.8 Å². The second kappa shape index (κ2) is 5.94. The summed E-state index contributed by atoms with van der Waals surface area (Å²) in [5, 5.41) is 0. The van der Waals surface area contributed by atoms with Crippen LogP contribution in [-0.4, -0.2) is 19.5 Å². The Labute approximate surface area is 140 Å². The fourth-order valence-electron chi connectivity index (χ4n) is 2.67. The molecule has 5 nitrogen and oxygen atoms in total. The summed E-state index contributed by atoms with van der Waals surface area (Å²) in [5.74, 6) is -0.674. The zero-order valence-corrected chi connectivity index (χ0v) is 12.9. The zero-order valence-electron chi connectivity index (χ0n) is 12.9. The molecule has 7 heteroatoms. The summed E-state index contributed by atoms with van der Waals surface area (Å²) >= 11 is 0. The van der Waals surface area contributed by atoms with E-state index in [2.05, 4.69) is 15.0 Å². The zero-order chi connectivity index (χ0) is 17.4. The van der Waals surface area contributed by atoms with E-state index >= 15 is 0 Å². The second-order valence-corrected chi connectivity index (χ2v) is 5.57. The molecule has 0 amide bonds. The Morgan fingerprint density at radius 3 is 2.56 bits per heavy atom. The first kappa shape index (κ1) is 15.2. The Kier molecular flexibility index (Phi) is 3.61. The van der Waals surface area contributed by atoms with Gasteiger partial charge in [0, 0.05) is 6.54 Å². The van der Waals surface area contributed by atoms with Crippen molar-refractivity contribution in [3.8, 4) is 11.4 Å². The van der Waals surface area contributed by atoms with Gasteiger partial charge in [0.05, 0.1) is 11.9 Å². The number of fused-ring (bicyclic) bond motifs is 1. The molecule has 0 fully saturated rings. The lowest BCUT2D eigenvalue weighted by Gasteiger charge is -2.05. The highest BCUT2D eigenvalue weighted by atomic mass is 19.1. The van der Waals surface area contributed by atoms with Crippen LogP contribution in [0.25, 0.3) is 22.6 Å². The van der Waals surface area contributed by atoms with Crippen LogP contribution in [0.1, 0.15) is 5.56 Å². The Bertz CT molecular complexity index is 1120. The molecule has 0 aliphatic heterocycles. The normalized spacial score (nSPS) is 11.1. The summed E-state index contributed by atoms with van der Waals surface area (Å²) in [4.78, 5) is 23.5. The van der Waals surface area contributed by atoms with Gasteiger partial charge in [0.15, 0.2) is 11.2 Å². The van der Waals surface area contributed by atoms with Crippen molar-refractivity contribution in [3.63, 3.8) is 0 Å². The number of nitrogens with zero attached hydrogens (tertiary/aromatic N) is 3. The molecular formula is C18H12F2N4O.